The number of hydrogen-bond acceptors (Lipinski definition) is 7. The van der Waals surface area contributed by atoms with Crippen LogP contribution in [0.4, 0.5) is 16.2 Å². The third-order valence-corrected chi connectivity index (χ3v) is 4.15. The number of aryl methyl sites for hydroxylation is 1. The molecule has 0 aliphatic carbocycles. The normalized spacial score (nSPS) is 10.6. The lowest BCUT2D eigenvalue weighted by Gasteiger charge is -2.09. The summed E-state index contributed by atoms with van der Waals surface area (Å²) in [7, 11) is 0. The molecule has 3 amide bonds. The first-order valence-electron chi connectivity index (χ1n) is 8.85. The number of imide groups is 1. The van der Waals surface area contributed by atoms with Gasteiger partial charge in [0.05, 0.1) is 35.4 Å². The van der Waals surface area contributed by atoms with Gasteiger partial charge in [0.25, 0.3) is 11.2 Å². The Labute approximate surface area is 169 Å². The van der Waals surface area contributed by atoms with Gasteiger partial charge < -0.3 is 5.32 Å². The molecule has 0 saturated heterocycles. The van der Waals surface area contributed by atoms with Gasteiger partial charge >= 0.3 is 6.03 Å². The minimum Gasteiger partial charge on any atom is -0.308 e. The smallest absolute Gasteiger partial charge is 0.308 e. The van der Waals surface area contributed by atoms with Gasteiger partial charge in [0.2, 0.25) is 5.91 Å². The second-order valence-corrected chi connectivity index (χ2v) is 6.43. The lowest BCUT2D eigenvalue weighted by molar-refractivity contribution is -0.384. The second kappa shape index (κ2) is 8.92. The van der Waals surface area contributed by atoms with E-state index in [4.69, 9.17) is 0 Å². The molecular formula is C19H18N6O5. The van der Waals surface area contributed by atoms with Crippen molar-refractivity contribution in [1.29, 1.82) is 0 Å². The van der Waals surface area contributed by atoms with Crippen LogP contribution in [0.1, 0.15) is 5.56 Å². The molecular weight excluding hydrogens is 392 g/mol. The Morgan fingerprint density at radius 2 is 1.90 bits per heavy atom. The Hall–Kier alpha value is -4.12. The first kappa shape index (κ1) is 20.6. The molecule has 3 N–H and O–H groups in total. The lowest BCUT2D eigenvalue weighted by atomic mass is 10.2. The van der Waals surface area contributed by atoms with E-state index < -0.39 is 22.4 Å². The van der Waals surface area contributed by atoms with E-state index in [0.29, 0.717) is 11.2 Å². The Morgan fingerprint density at radius 1 is 1.17 bits per heavy atom. The summed E-state index contributed by atoms with van der Waals surface area (Å²) in [5.74, 6) is -0.600. The number of benzene rings is 2. The van der Waals surface area contributed by atoms with E-state index in [1.807, 2.05) is 19.1 Å². The summed E-state index contributed by atoms with van der Waals surface area (Å²) in [6.45, 7) is 1.61. The number of anilines is 1. The number of urea groups is 1. The highest BCUT2D eigenvalue weighted by Crippen LogP contribution is 2.16. The third-order valence-electron chi connectivity index (χ3n) is 4.15. The average molecular weight is 410 g/mol. The third kappa shape index (κ3) is 5.02. The number of amides is 3. The monoisotopic (exact) mass is 410 g/mol. The standard InChI is InChI=1S/C19H18N6O5/c1-12-2-4-13(5-3-12)22-19(28)23-17(26)9-20-10-24-11-21-16-7-6-14(25(29)30)8-15(16)18(24)27/h2-8,11,20H,9-10H2,1H3,(H2,22,23,26,28). The number of rotatable bonds is 6. The number of hydrogen-bond donors (Lipinski definition) is 3. The number of carbonyl (C=O) groups excluding carboxylic acids is 2. The number of non-ortho nitro benzene ring substituents is 1. The highest BCUT2D eigenvalue weighted by Gasteiger charge is 2.12. The van der Waals surface area contributed by atoms with Crippen molar-refractivity contribution in [2.75, 3.05) is 11.9 Å². The fourth-order valence-electron chi connectivity index (χ4n) is 2.63. The quantitative estimate of drug-likeness (QED) is 0.412. The van der Waals surface area contributed by atoms with E-state index in [-0.39, 0.29) is 24.3 Å². The van der Waals surface area contributed by atoms with Crippen molar-refractivity contribution >= 4 is 34.2 Å². The Balaban J connectivity index is 1.55. The highest BCUT2D eigenvalue weighted by molar-refractivity contribution is 6.01. The lowest BCUT2D eigenvalue weighted by Crippen LogP contribution is -2.41. The van der Waals surface area contributed by atoms with E-state index in [0.717, 1.165) is 11.6 Å². The van der Waals surface area contributed by atoms with Gasteiger partial charge in [-0.2, -0.15) is 0 Å². The van der Waals surface area contributed by atoms with E-state index in [1.165, 1.54) is 23.0 Å². The number of fused-ring (bicyclic) bond motifs is 1. The molecule has 0 atom stereocenters. The highest BCUT2D eigenvalue weighted by atomic mass is 16.6. The summed E-state index contributed by atoms with van der Waals surface area (Å²) < 4.78 is 1.17. The largest absolute Gasteiger partial charge is 0.325 e. The maximum Gasteiger partial charge on any atom is 0.325 e. The molecule has 30 heavy (non-hydrogen) atoms. The number of carbonyl (C=O) groups is 2. The van der Waals surface area contributed by atoms with Crippen LogP contribution in [0.2, 0.25) is 0 Å². The number of nitrogens with zero attached hydrogens (tertiary/aromatic N) is 3. The molecule has 1 heterocycles. The van der Waals surface area contributed by atoms with Crippen molar-refractivity contribution in [1.82, 2.24) is 20.2 Å². The summed E-state index contributed by atoms with van der Waals surface area (Å²) in [6, 6.07) is 10.2. The van der Waals surface area contributed by atoms with Crippen molar-refractivity contribution in [3.05, 3.63) is 74.8 Å². The Kier molecular flexibility index (Phi) is 6.13. The van der Waals surface area contributed by atoms with Crippen LogP contribution in [0.5, 0.6) is 0 Å². The Morgan fingerprint density at radius 3 is 2.60 bits per heavy atom. The van der Waals surface area contributed by atoms with Gasteiger partial charge in [-0.25, -0.2) is 9.78 Å². The molecule has 0 saturated carbocycles. The van der Waals surface area contributed by atoms with E-state index in [2.05, 4.69) is 20.9 Å². The van der Waals surface area contributed by atoms with Gasteiger partial charge in [0, 0.05) is 17.8 Å². The topological polar surface area (TPSA) is 148 Å². The summed E-state index contributed by atoms with van der Waals surface area (Å²) in [6.07, 6.45) is 1.27. The fraction of sp³-hybridized carbons (Fsp3) is 0.158. The zero-order chi connectivity index (χ0) is 21.7. The van der Waals surface area contributed by atoms with E-state index in [1.54, 1.807) is 12.1 Å². The van der Waals surface area contributed by atoms with Crippen LogP contribution in [-0.2, 0) is 11.5 Å². The minimum absolute atomic E-state index is 0.0720. The average Bonchev–Trinajstić information content (AvgIpc) is 2.71. The molecule has 0 fully saturated rings. The van der Waals surface area contributed by atoms with Gasteiger partial charge in [-0.05, 0) is 25.1 Å². The first-order chi connectivity index (χ1) is 14.3. The van der Waals surface area contributed by atoms with E-state index in [9.17, 15) is 24.5 Å². The molecule has 0 unspecified atom stereocenters. The molecule has 3 aromatic rings. The molecule has 0 aliphatic rings. The van der Waals surface area contributed by atoms with Crippen molar-refractivity contribution in [2.45, 2.75) is 13.6 Å². The summed E-state index contributed by atoms with van der Waals surface area (Å²) >= 11 is 0. The predicted octanol–water partition coefficient (Wildman–Crippen LogP) is 1.51. The van der Waals surface area contributed by atoms with Crippen LogP contribution in [-0.4, -0.2) is 33.0 Å². The Bertz CT molecular complexity index is 1170. The maximum atomic E-state index is 12.5. The zero-order valence-electron chi connectivity index (χ0n) is 15.9. The second-order valence-electron chi connectivity index (χ2n) is 6.43. The summed E-state index contributed by atoms with van der Waals surface area (Å²) in [4.78, 5) is 50.6. The molecule has 0 bridgehead atoms. The van der Waals surface area contributed by atoms with Gasteiger partial charge in [-0.1, -0.05) is 17.7 Å². The molecule has 3 rings (SSSR count). The van der Waals surface area contributed by atoms with Crippen LogP contribution in [0.25, 0.3) is 10.9 Å². The van der Waals surface area contributed by atoms with Crippen LogP contribution in [0.15, 0.2) is 53.6 Å². The van der Waals surface area contributed by atoms with Crippen molar-refractivity contribution in [2.24, 2.45) is 0 Å². The van der Waals surface area contributed by atoms with Crippen molar-refractivity contribution < 1.29 is 14.5 Å². The number of aromatic nitrogens is 2. The maximum absolute atomic E-state index is 12.5. The minimum atomic E-state index is -0.678. The number of nitro groups is 1. The van der Waals surface area contributed by atoms with Gasteiger partial charge in [0.1, 0.15) is 0 Å². The molecule has 1 aromatic heterocycles. The van der Waals surface area contributed by atoms with Gasteiger partial charge in [0.15, 0.2) is 0 Å². The molecule has 11 heteroatoms. The molecule has 0 aliphatic heterocycles. The molecule has 0 radical (unpaired) electrons. The molecule has 2 aromatic carbocycles. The van der Waals surface area contributed by atoms with Crippen LogP contribution in [0.3, 0.4) is 0 Å². The van der Waals surface area contributed by atoms with Crippen molar-refractivity contribution in [3.63, 3.8) is 0 Å². The van der Waals surface area contributed by atoms with Crippen LogP contribution in [0, 0.1) is 17.0 Å². The van der Waals surface area contributed by atoms with Gasteiger partial charge in [-0.3, -0.25) is 34.9 Å². The van der Waals surface area contributed by atoms with Crippen molar-refractivity contribution in [3.8, 4) is 0 Å². The fourth-order valence-corrected chi connectivity index (χ4v) is 2.63. The number of nitrogens with one attached hydrogen (secondary N) is 3. The summed E-state index contributed by atoms with van der Waals surface area (Å²) in [5, 5.41) is 18.4. The predicted molar refractivity (Wildman–Crippen MR) is 109 cm³/mol. The number of nitro benzene ring substituents is 1. The first-order valence-corrected chi connectivity index (χ1v) is 8.85. The molecule has 0 spiro atoms. The SMILES string of the molecule is Cc1ccc(NC(=O)NC(=O)CNCn2cnc3ccc([N+](=O)[O-])cc3c2=O)cc1. The van der Waals surface area contributed by atoms with Crippen LogP contribution < -0.4 is 21.5 Å². The zero-order valence-corrected chi connectivity index (χ0v) is 15.9. The molecule has 154 valence electrons. The van der Waals surface area contributed by atoms with E-state index >= 15 is 0 Å². The van der Waals surface area contributed by atoms with Crippen LogP contribution >= 0.6 is 0 Å². The summed E-state index contributed by atoms with van der Waals surface area (Å²) in [5.41, 5.74) is 1.20. The molecule has 11 nitrogen and oxygen atoms in total. The van der Waals surface area contributed by atoms with Gasteiger partial charge in [-0.15, -0.1) is 0 Å².